The summed E-state index contributed by atoms with van der Waals surface area (Å²) in [5, 5.41) is 9.64. The number of carbonyl (C=O) groups excluding carboxylic acids is 1. The van der Waals surface area contributed by atoms with Gasteiger partial charge in [-0.15, -0.1) is 0 Å². The second-order valence-electron chi connectivity index (χ2n) is 6.70. The molecule has 0 radical (unpaired) electrons. The number of amides is 1. The fourth-order valence-corrected chi connectivity index (χ4v) is 3.25. The van der Waals surface area contributed by atoms with Gasteiger partial charge in [0.1, 0.15) is 12.1 Å². The molecule has 3 heterocycles. The molecule has 0 spiro atoms. The number of nitrogens with zero attached hydrogens (tertiary/aromatic N) is 4. The van der Waals surface area contributed by atoms with E-state index in [0.717, 1.165) is 25.3 Å². The summed E-state index contributed by atoms with van der Waals surface area (Å²) < 4.78 is 5.50. The highest BCUT2D eigenvalue weighted by Gasteiger charge is 2.19. The molecule has 3 aromatic rings. The van der Waals surface area contributed by atoms with Crippen LogP contribution in [0.25, 0.3) is 0 Å². The Morgan fingerprint density at radius 1 is 1.30 bits per heavy atom. The molecule has 0 fully saturated rings. The minimum absolute atomic E-state index is 0.249. The van der Waals surface area contributed by atoms with E-state index in [1.807, 2.05) is 6.92 Å². The Kier molecular flexibility index (Phi) is 4.97. The van der Waals surface area contributed by atoms with Gasteiger partial charge >= 0.3 is 0 Å². The van der Waals surface area contributed by atoms with Gasteiger partial charge in [-0.25, -0.2) is 9.97 Å². The Morgan fingerprint density at radius 2 is 2.15 bits per heavy atom. The second kappa shape index (κ2) is 7.71. The van der Waals surface area contributed by atoms with Crippen LogP contribution >= 0.6 is 0 Å². The molecule has 27 heavy (non-hydrogen) atoms. The van der Waals surface area contributed by atoms with Crippen molar-refractivity contribution in [3.05, 3.63) is 64.9 Å². The molecule has 4 rings (SSSR count). The van der Waals surface area contributed by atoms with E-state index < -0.39 is 0 Å². The van der Waals surface area contributed by atoms with E-state index >= 15 is 0 Å². The van der Waals surface area contributed by atoms with E-state index in [0.29, 0.717) is 36.9 Å². The smallest absolute Gasteiger partial charge is 0.273 e. The van der Waals surface area contributed by atoms with E-state index in [2.05, 4.69) is 54.6 Å². The lowest BCUT2D eigenvalue weighted by Crippen LogP contribution is -2.30. The summed E-state index contributed by atoms with van der Waals surface area (Å²) in [6, 6.07) is 8.48. The number of benzene rings is 1. The van der Waals surface area contributed by atoms with Crippen molar-refractivity contribution in [2.75, 3.05) is 13.1 Å². The first-order chi connectivity index (χ1) is 13.2. The molecule has 0 saturated carbocycles. The molecule has 1 aliphatic heterocycles. The monoisotopic (exact) mass is 366 g/mol. The van der Waals surface area contributed by atoms with Gasteiger partial charge in [0.2, 0.25) is 5.89 Å². The van der Waals surface area contributed by atoms with Gasteiger partial charge in [-0.1, -0.05) is 24.3 Å². The number of aromatic nitrogens is 4. The molecule has 0 unspecified atom stereocenters. The molecule has 0 bridgehead atoms. The molecule has 140 valence electrons. The lowest BCUT2D eigenvalue weighted by Gasteiger charge is -2.27. The molecular formula is C19H22N6O2. The molecule has 0 saturated heterocycles. The summed E-state index contributed by atoms with van der Waals surface area (Å²) >= 11 is 0. The fraction of sp³-hybridized carbons (Fsp3) is 0.368. The van der Waals surface area contributed by atoms with Crippen LogP contribution in [0.3, 0.4) is 0 Å². The number of fused-ring (bicyclic) bond motifs is 1. The topological polar surface area (TPSA) is 99.9 Å². The highest BCUT2D eigenvalue weighted by atomic mass is 16.3. The van der Waals surface area contributed by atoms with Gasteiger partial charge in [-0.2, -0.15) is 5.10 Å². The lowest BCUT2D eigenvalue weighted by molar-refractivity contribution is 0.0949. The van der Waals surface area contributed by atoms with Crippen molar-refractivity contribution < 1.29 is 9.21 Å². The number of oxazole rings is 1. The predicted octanol–water partition coefficient (Wildman–Crippen LogP) is 1.63. The molecule has 8 nitrogen and oxygen atoms in total. The van der Waals surface area contributed by atoms with Crippen LogP contribution in [0.4, 0.5) is 0 Å². The van der Waals surface area contributed by atoms with Crippen LogP contribution in [0, 0.1) is 6.92 Å². The minimum atomic E-state index is -0.249. The highest BCUT2D eigenvalue weighted by molar-refractivity contribution is 5.91. The molecule has 2 N–H and O–H groups in total. The summed E-state index contributed by atoms with van der Waals surface area (Å²) in [6.45, 7) is 4.71. The number of nitrogens with one attached hydrogen (secondary N) is 2. The Hall–Kier alpha value is -3.00. The first-order valence-electron chi connectivity index (χ1n) is 9.07. The molecule has 2 aromatic heterocycles. The highest BCUT2D eigenvalue weighted by Crippen LogP contribution is 2.20. The maximum atomic E-state index is 12.2. The molecule has 1 aromatic carbocycles. The van der Waals surface area contributed by atoms with Crippen molar-refractivity contribution in [2.24, 2.45) is 0 Å². The van der Waals surface area contributed by atoms with Gasteiger partial charge in [0.25, 0.3) is 5.91 Å². The van der Waals surface area contributed by atoms with Gasteiger partial charge in [0.05, 0.1) is 6.54 Å². The van der Waals surface area contributed by atoms with Gasteiger partial charge in [-0.05, 0) is 24.5 Å². The zero-order valence-corrected chi connectivity index (χ0v) is 15.2. The predicted molar refractivity (Wildman–Crippen MR) is 97.9 cm³/mol. The number of aryl methyl sites for hydroxylation is 1. The Balaban J connectivity index is 1.28. The van der Waals surface area contributed by atoms with Gasteiger partial charge in [0.15, 0.2) is 11.5 Å². The van der Waals surface area contributed by atoms with Gasteiger partial charge in [0, 0.05) is 26.1 Å². The average Bonchev–Trinajstić information content (AvgIpc) is 3.31. The van der Waals surface area contributed by atoms with Crippen LogP contribution in [0.5, 0.6) is 0 Å². The number of carbonyl (C=O) groups is 1. The van der Waals surface area contributed by atoms with Crippen LogP contribution in [-0.4, -0.2) is 44.1 Å². The normalized spacial score (nSPS) is 14.1. The first kappa shape index (κ1) is 17.4. The van der Waals surface area contributed by atoms with Crippen LogP contribution < -0.4 is 5.32 Å². The lowest BCUT2D eigenvalue weighted by atomic mass is 10.00. The summed E-state index contributed by atoms with van der Waals surface area (Å²) in [5.41, 5.74) is 3.05. The largest absolute Gasteiger partial charge is 0.447 e. The Morgan fingerprint density at radius 3 is 2.96 bits per heavy atom. The van der Waals surface area contributed by atoms with Crippen molar-refractivity contribution in [1.82, 2.24) is 30.4 Å². The third-order valence-electron chi connectivity index (χ3n) is 4.63. The number of hydrogen-bond acceptors (Lipinski definition) is 6. The molecule has 8 heteroatoms. The van der Waals surface area contributed by atoms with Crippen LogP contribution in [0.2, 0.25) is 0 Å². The molecule has 0 aliphatic carbocycles. The van der Waals surface area contributed by atoms with Crippen molar-refractivity contribution >= 4 is 5.91 Å². The third-order valence-corrected chi connectivity index (χ3v) is 4.63. The fourth-order valence-electron chi connectivity index (χ4n) is 3.25. The van der Waals surface area contributed by atoms with Crippen LogP contribution in [-0.2, 0) is 25.9 Å². The zero-order valence-electron chi connectivity index (χ0n) is 15.2. The van der Waals surface area contributed by atoms with Gasteiger partial charge in [-0.3, -0.25) is 14.8 Å². The van der Waals surface area contributed by atoms with Crippen molar-refractivity contribution in [2.45, 2.75) is 32.9 Å². The number of aromatic amines is 1. The molecular weight excluding hydrogens is 344 g/mol. The van der Waals surface area contributed by atoms with Crippen molar-refractivity contribution in [3.63, 3.8) is 0 Å². The molecule has 1 amide bonds. The zero-order chi connectivity index (χ0) is 18.6. The molecule has 0 atom stereocenters. The van der Waals surface area contributed by atoms with Crippen LogP contribution in [0.1, 0.15) is 39.2 Å². The quantitative estimate of drug-likeness (QED) is 0.688. The third kappa shape index (κ3) is 4.22. The number of hydrogen-bond donors (Lipinski definition) is 2. The maximum absolute atomic E-state index is 12.2. The van der Waals surface area contributed by atoms with E-state index in [4.69, 9.17) is 4.42 Å². The second-order valence-corrected chi connectivity index (χ2v) is 6.70. The first-order valence-corrected chi connectivity index (χ1v) is 9.07. The standard InChI is InChI=1S/C19H22N6O2/c1-13-21-17(24-23-13)6-8-20-19(26)16-12-27-18(22-16)11-25-9-7-14-4-2-3-5-15(14)10-25/h2-5,12H,6-11H2,1H3,(H,20,26)(H,21,23,24). The summed E-state index contributed by atoms with van der Waals surface area (Å²) in [4.78, 5) is 23.0. The van der Waals surface area contributed by atoms with Crippen molar-refractivity contribution in [3.8, 4) is 0 Å². The SMILES string of the molecule is Cc1nc(CCNC(=O)c2coc(CN3CCc4ccccc4C3)n2)n[nH]1. The van der Waals surface area contributed by atoms with Crippen molar-refractivity contribution in [1.29, 1.82) is 0 Å². The van der Waals surface area contributed by atoms with E-state index in [9.17, 15) is 4.79 Å². The summed E-state index contributed by atoms with van der Waals surface area (Å²) in [5.74, 6) is 1.75. The number of H-pyrrole nitrogens is 1. The maximum Gasteiger partial charge on any atom is 0.273 e. The number of rotatable bonds is 6. The minimum Gasteiger partial charge on any atom is -0.447 e. The van der Waals surface area contributed by atoms with E-state index in [1.54, 1.807) is 0 Å². The Bertz CT molecular complexity index is 932. The Labute approximate surface area is 157 Å². The average molecular weight is 366 g/mol. The summed E-state index contributed by atoms with van der Waals surface area (Å²) in [7, 11) is 0. The molecule has 1 aliphatic rings. The van der Waals surface area contributed by atoms with E-state index in [1.165, 1.54) is 17.4 Å². The van der Waals surface area contributed by atoms with E-state index in [-0.39, 0.29) is 5.91 Å². The van der Waals surface area contributed by atoms with Gasteiger partial charge < -0.3 is 9.73 Å². The van der Waals surface area contributed by atoms with Crippen LogP contribution in [0.15, 0.2) is 34.9 Å². The summed E-state index contributed by atoms with van der Waals surface area (Å²) in [6.07, 6.45) is 3.00.